The van der Waals surface area contributed by atoms with Crippen molar-refractivity contribution >= 4 is 5.97 Å². The van der Waals surface area contributed by atoms with Crippen LogP contribution in [0.2, 0.25) is 0 Å². The van der Waals surface area contributed by atoms with Gasteiger partial charge >= 0.3 is 5.97 Å². The highest BCUT2D eigenvalue weighted by molar-refractivity contribution is 5.87. The molecular formula is C19H23NO4. The van der Waals surface area contributed by atoms with Crippen LogP contribution in [0.5, 0.6) is 11.5 Å². The van der Waals surface area contributed by atoms with Gasteiger partial charge in [0.15, 0.2) is 11.5 Å². The van der Waals surface area contributed by atoms with Gasteiger partial charge in [-0.3, -0.25) is 0 Å². The van der Waals surface area contributed by atoms with Gasteiger partial charge in [0.2, 0.25) is 0 Å². The molecule has 5 heteroatoms. The van der Waals surface area contributed by atoms with Crippen LogP contribution in [0.1, 0.15) is 40.9 Å². The number of hydrogen-bond donors (Lipinski definition) is 2. The van der Waals surface area contributed by atoms with Gasteiger partial charge in [-0.1, -0.05) is 25.1 Å². The predicted octanol–water partition coefficient (Wildman–Crippen LogP) is 3.64. The van der Waals surface area contributed by atoms with Crippen molar-refractivity contribution in [2.75, 3.05) is 14.2 Å². The molecule has 0 radical (unpaired) electrons. The highest BCUT2D eigenvalue weighted by Crippen LogP contribution is 2.30. The van der Waals surface area contributed by atoms with E-state index in [0.29, 0.717) is 23.6 Å². The molecule has 24 heavy (non-hydrogen) atoms. The highest BCUT2D eigenvalue weighted by atomic mass is 16.5. The number of aromatic carboxylic acids is 1. The number of ether oxygens (including phenoxy) is 2. The Morgan fingerprint density at radius 1 is 1.08 bits per heavy atom. The molecule has 0 amide bonds. The minimum atomic E-state index is -0.911. The zero-order valence-corrected chi connectivity index (χ0v) is 14.2. The first-order valence-electron chi connectivity index (χ1n) is 7.86. The summed E-state index contributed by atoms with van der Waals surface area (Å²) in [6.45, 7) is 2.77. The monoisotopic (exact) mass is 329 g/mol. The first-order chi connectivity index (χ1) is 11.6. The molecule has 0 saturated heterocycles. The molecule has 2 aromatic rings. The largest absolute Gasteiger partial charge is 0.493 e. The van der Waals surface area contributed by atoms with E-state index < -0.39 is 5.97 Å². The molecule has 0 aromatic heterocycles. The second-order valence-electron chi connectivity index (χ2n) is 5.46. The Labute approximate surface area is 142 Å². The number of rotatable bonds is 8. The van der Waals surface area contributed by atoms with Gasteiger partial charge in [0.1, 0.15) is 0 Å². The number of nitrogens with one attached hydrogen (secondary N) is 1. The summed E-state index contributed by atoms with van der Waals surface area (Å²) in [7, 11) is 3.24. The average Bonchev–Trinajstić information content (AvgIpc) is 2.62. The van der Waals surface area contributed by atoms with Crippen molar-refractivity contribution in [1.82, 2.24) is 5.32 Å². The average molecular weight is 329 g/mol. The number of methoxy groups -OCH3 is 2. The molecule has 0 bridgehead atoms. The fourth-order valence-corrected chi connectivity index (χ4v) is 2.57. The van der Waals surface area contributed by atoms with E-state index in [9.17, 15) is 4.79 Å². The first-order valence-corrected chi connectivity index (χ1v) is 7.86. The molecule has 5 nitrogen and oxygen atoms in total. The fourth-order valence-electron chi connectivity index (χ4n) is 2.57. The van der Waals surface area contributed by atoms with E-state index in [1.807, 2.05) is 30.3 Å². The summed E-state index contributed by atoms with van der Waals surface area (Å²) in [6.07, 6.45) is 0.919. The molecule has 2 N–H and O–H groups in total. The third-order valence-corrected chi connectivity index (χ3v) is 3.97. The van der Waals surface area contributed by atoms with E-state index in [0.717, 1.165) is 17.5 Å². The quantitative estimate of drug-likeness (QED) is 0.774. The van der Waals surface area contributed by atoms with Crippen LogP contribution in [0, 0.1) is 0 Å². The van der Waals surface area contributed by atoms with E-state index in [-0.39, 0.29) is 6.04 Å². The van der Waals surface area contributed by atoms with Crippen molar-refractivity contribution in [2.45, 2.75) is 25.9 Å². The summed E-state index contributed by atoms with van der Waals surface area (Å²) in [5.74, 6) is 0.507. The van der Waals surface area contributed by atoms with Crippen molar-refractivity contribution < 1.29 is 19.4 Å². The third-order valence-electron chi connectivity index (χ3n) is 3.97. The molecular weight excluding hydrogens is 306 g/mol. The SMILES string of the molecule is CCC(NCc1ccc(C(=O)O)cc1)c1ccc(OC)c(OC)c1. The molecule has 128 valence electrons. The maximum absolute atomic E-state index is 10.9. The van der Waals surface area contributed by atoms with Crippen molar-refractivity contribution in [3.05, 3.63) is 59.2 Å². The summed E-state index contributed by atoms with van der Waals surface area (Å²) < 4.78 is 10.6. The van der Waals surface area contributed by atoms with Crippen molar-refractivity contribution in [3.63, 3.8) is 0 Å². The number of carboxylic acids is 1. The van der Waals surface area contributed by atoms with Gasteiger partial charge in [0.25, 0.3) is 0 Å². The number of hydrogen-bond acceptors (Lipinski definition) is 4. The van der Waals surface area contributed by atoms with Crippen LogP contribution in [-0.2, 0) is 6.54 Å². The second kappa shape index (κ2) is 8.36. The fraction of sp³-hybridized carbons (Fsp3) is 0.316. The molecule has 2 aromatic carbocycles. The predicted molar refractivity (Wildman–Crippen MR) is 92.8 cm³/mol. The smallest absolute Gasteiger partial charge is 0.335 e. The van der Waals surface area contributed by atoms with E-state index in [4.69, 9.17) is 14.6 Å². The van der Waals surface area contributed by atoms with Crippen molar-refractivity contribution in [1.29, 1.82) is 0 Å². The lowest BCUT2D eigenvalue weighted by Crippen LogP contribution is -2.20. The minimum absolute atomic E-state index is 0.170. The highest BCUT2D eigenvalue weighted by Gasteiger charge is 2.12. The van der Waals surface area contributed by atoms with E-state index in [1.54, 1.807) is 26.4 Å². The zero-order chi connectivity index (χ0) is 17.5. The number of carbonyl (C=O) groups is 1. The third kappa shape index (κ3) is 4.26. The van der Waals surface area contributed by atoms with Gasteiger partial charge in [0, 0.05) is 12.6 Å². The molecule has 0 aliphatic rings. The minimum Gasteiger partial charge on any atom is -0.493 e. The van der Waals surface area contributed by atoms with Crippen LogP contribution >= 0.6 is 0 Å². The van der Waals surface area contributed by atoms with Crippen LogP contribution in [0.15, 0.2) is 42.5 Å². The van der Waals surface area contributed by atoms with Crippen LogP contribution in [0.3, 0.4) is 0 Å². The van der Waals surface area contributed by atoms with Crippen LogP contribution < -0.4 is 14.8 Å². The topological polar surface area (TPSA) is 67.8 Å². The van der Waals surface area contributed by atoms with Gasteiger partial charge in [-0.2, -0.15) is 0 Å². The molecule has 1 unspecified atom stereocenters. The first kappa shape index (κ1) is 17.8. The second-order valence-corrected chi connectivity index (χ2v) is 5.46. The number of benzene rings is 2. The molecule has 0 saturated carbocycles. The Morgan fingerprint density at radius 2 is 1.75 bits per heavy atom. The Bertz CT molecular complexity index is 682. The van der Waals surface area contributed by atoms with E-state index in [2.05, 4.69) is 12.2 Å². The lowest BCUT2D eigenvalue weighted by molar-refractivity contribution is 0.0697. The molecule has 0 heterocycles. The Balaban J connectivity index is 2.07. The van der Waals surface area contributed by atoms with Crippen LogP contribution in [0.25, 0.3) is 0 Å². The van der Waals surface area contributed by atoms with E-state index >= 15 is 0 Å². The van der Waals surface area contributed by atoms with Gasteiger partial charge in [0.05, 0.1) is 19.8 Å². The zero-order valence-electron chi connectivity index (χ0n) is 14.2. The Morgan fingerprint density at radius 3 is 2.29 bits per heavy atom. The van der Waals surface area contributed by atoms with Crippen LogP contribution in [0.4, 0.5) is 0 Å². The Kier molecular flexibility index (Phi) is 6.21. The van der Waals surface area contributed by atoms with Gasteiger partial charge in [-0.25, -0.2) is 4.79 Å². The molecule has 0 spiro atoms. The van der Waals surface area contributed by atoms with Gasteiger partial charge in [-0.15, -0.1) is 0 Å². The Hall–Kier alpha value is -2.53. The van der Waals surface area contributed by atoms with Gasteiger partial charge < -0.3 is 19.9 Å². The van der Waals surface area contributed by atoms with Crippen LogP contribution in [-0.4, -0.2) is 25.3 Å². The molecule has 0 fully saturated rings. The summed E-state index contributed by atoms with van der Waals surface area (Å²) >= 11 is 0. The summed E-state index contributed by atoms with van der Waals surface area (Å²) in [5.41, 5.74) is 2.46. The molecule has 0 aliphatic heterocycles. The molecule has 1 atom stereocenters. The molecule has 0 aliphatic carbocycles. The maximum Gasteiger partial charge on any atom is 0.335 e. The lowest BCUT2D eigenvalue weighted by Gasteiger charge is -2.19. The lowest BCUT2D eigenvalue weighted by atomic mass is 10.0. The maximum atomic E-state index is 10.9. The normalized spacial score (nSPS) is 11.8. The summed E-state index contributed by atoms with van der Waals surface area (Å²) in [5, 5.41) is 12.4. The van der Waals surface area contributed by atoms with E-state index in [1.165, 1.54) is 0 Å². The molecule has 2 rings (SSSR count). The number of carboxylic acid groups (broad SMARTS) is 1. The van der Waals surface area contributed by atoms with Gasteiger partial charge in [-0.05, 0) is 41.8 Å². The summed E-state index contributed by atoms with van der Waals surface area (Å²) in [6, 6.07) is 13.0. The van der Waals surface area contributed by atoms with Crippen molar-refractivity contribution in [2.24, 2.45) is 0 Å². The standard InChI is InChI=1S/C19H23NO4/c1-4-16(15-9-10-17(23-2)18(11-15)24-3)20-12-13-5-7-14(8-6-13)19(21)22/h5-11,16,20H,4,12H2,1-3H3,(H,21,22). The van der Waals surface area contributed by atoms with Crippen molar-refractivity contribution in [3.8, 4) is 11.5 Å². The summed E-state index contributed by atoms with van der Waals surface area (Å²) in [4.78, 5) is 10.9.